The smallest absolute Gasteiger partial charge is 0.407 e. The van der Waals surface area contributed by atoms with Crippen molar-refractivity contribution in [2.45, 2.75) is 76.3 Å². The largest absolute Gasteiger partial charge is 0.476 e. The third kappa shape index (κ3) is 5.39. The fourth-order valence-corrected chi connectivity index (χ4v) is 6.24. The number of benzene rings is 1. The van der Waals surface area contributed by atoms with Crippen LogP contribution in [0.3, 0.4) is 0 Å². The summed E-state index contributed by atoms with van der Waals surface area (Å²) in [4.78, 5) is 24.6. The molecule has 0 unspecified atom stereocenters. The maximum atomic E-state index is 13.1. The number of alkyl carbamates (subject to hydrolysis) is 1. The van der Waals surface area contributed by atoms with Crippen LogP contribution in [0.25, 0.3) is 0 Å². The summed E-state index contributed by atoms with van der Waals surface area (Å²) in [5.41, 5.74) is 4.88. The minimum absolute atomic E-state index is 0.0651. The van der Waals surface area contributed by atoms with Gasteiger partial charge in [0, 0.05) is 18.2 Å². The van der Waals surface area contributed by atoms with Gasteiger partial charge in [-0.3, -0.25) is 0 Å². The molecular formula is C25H33N5O6S. The van der Waals surface area contributed by atoms with Crippen molar-refractivity contribution in [2.24, 2.45) is 5.92 Å². The number of ether oxygens (including phenoxy) is 2. The van der Waals surface area contributed by atoms with Crippen LogP contribution in [0.15, 0.2) is 17.2 Å². The molecule has 2 aromatic rings. The lowest BCUT2D eigenvalue weighted by Gasteiger charge is -2.26. The number of fused-ring (bicyclic) bond motifs is 3. The minimum Gasteiger partial charge on any atom is -0.476 e. The van der Waals surface area contributed by atoms with E-state index in [1.807, 2.05) is 0 Å². The van der Waals surface area contributed by atoms with Crippen LogP contribution in [-0.4, -0.2) is 49.1 Å². The number of rotatable bonds is 5. The summed E-state index contributed by atoms with van der Waals surface area (Å²) in [5, 5.41) is 9.68. The van der Waals surface area contributed by atoms with Crippen LogP contribution in [-0.2, 0) is 47.0 Å². The lowest BCUT2D eigenvalue weighted by Crippen LogP contribution is -2.39. The molecule has 0 fully saturated rings. The molecule has 12 heteroatoms. The molecule has 200 valence electrons. The summed E-state index contributed by atoms with van der Waals surface area (Å²) >= 11 is 0. The molecule has 0 saturated heterocycles. The van der Waals surface area contributed by atoms with Gasteiger partial charge in [0.25, 0.3) is 10.0 Å². The topological polar surface area (TPSA) is 141 Å². The van der Waals surface area contributed by atoms with Crippen molar-refractivity contribution in [3.05, 3.63) is 34.5 Å². The van der Waals surface area contributed by atoms with E-state index >= 15 is 0 Å². The second kappa shape index (κ2) is 9.55. The fraction of sp³-hybridized carbons (Fsp3) is 0.560. The Morgan fingerprint density at radius 2 is 1.81 bits per heavy atom. The maximum Gasteiger partial charge on any atom is 0.407 e. The summed E-state index contributed by atoms with van der Waals surface area (Å²) < 4.78 is 40.7. The van der Waals surface area contributed by atoms with Gasteiger partial charge in [0.2, 0.25) is 5.88 Å². The SMILES string of the molecule is CC(C)(C)OC(=O)NC[C@H]1COc2c(S(=O)(=O)NC(=O)Nc3c4c(cc5c3CCC5)CCC4)cnn2C1. The van der Waals surface area contributed by atoms with Gasteiger partial charge < -0.3 is 20.1 Å². The van der Waals surface area contributed by atoms with Crippen LogP contribution in [0.5, 0.6) is 5.88 Å². The molecular weight excluding hydrogens is 498 g/mol. The van der Waals surface area contributed by atoms with E-state index in [9.17, 15) is 18.0 Å². The Kier molecular flexibility index (Phi) is 6.55. The average Bonchev–Trinajstić information content (AvgIpc) is 3.54. The zero-order valence-corrected chi connectivity index (χ0v) is 22.2. The number of aryl methyl sites for hydroxylation is 2. The molecule has 37 heavy (non-hydrogen) atoms. The van der Waals surface area contributed by atoms with Gasteiger partial charge in [-0.2, -0.15) is 5.10 Å². The molecule has 3 aliphatic rings. The zero-order chi connectivity index (χ0) is 26.4. The standard InChI is InChI=1S/C25H33N5O6S/c1-25(2,3)36-24(32)26-11-15-13-30-22(35-14-15)20(12-27-30)37(33,34)29-23(31)28-21-18-8-4-6-16(18)10-17-7-5-9-19(17)21/h10,12,15H,4-9,11,13-14H2,1-3H3,(H,26,32)(H2,28,29,31)/t15-/m1/s1. The Balaban J connectivity index is 1.24. The van der Waals surface area contributed by atoms with Crippen molar-refractivity contribution in [3.63, 3.8) is 0 Å². The Morgan fingerprint density at radius 1 is 1.14 bits per heavy atom. The van der Waals surface area contributed by atoms with E-state index < -0.39 is 27.7 Å². The monoisotopic (exact) mass is 531 g/mol. The number of anilines is 1. The number of nitrogens with one attached hydrogen (secondary N) is 3. The van der Waals surface area contributed by atoms with Gasteiger partial charge >= 0.3 is 12.1 Å². The van der Waals surface area contributed by atoms with Gasteiger partial charge in [0.15, 0.2) is 4.90 Å². The molecule has 1 atom stereocenters. The van der Waals surface area contributed by atoms with Gasteiger partial charge in [-0.1, -0.05) is 6.07 Å². The van der Waals surface area contributed by atoms with Gasteiger partial charge in [-0.05, 0) is 81.5 Å². The van der Waals surface area contributed by atoms with Crippen molar-refractivity contribution in [1.82, 2.24) is 19.8 Å². The van der Waals surface area contributed by atoms with Gasteiger partial charge in [-0.25, -0.2) is 27.4 Å². The highest BCUT2D eigenvalue weighted by Gasteiger charge is 2.32. The van der Waals surface area contributed by atoms with Crippen LogP contribution in [0.4, 0.5) is 15.3 Å². The first-order valence-corrected chi connectivity index (χ1v) is 14.1. The van der Waals surface area contributed by atoms with Crippen LogP contribution in [0.1, 0.15) is 55.9 Å². The van der Waals surface area contributed by atoms with Crippen molar-refractivity contribution in [2.75, 3.05) is 18.5 Å². The zero-order valence-electron chi connectivity index (χ0n) is 21.3. The molecule has 3 amide bonds. The first kappa shape index (κ1) is 25.4. The number of hydrogen-bond acceptors (Lipinski definition) is 7. The molecule has 5 rings (SSSR count). The summed E-state index contributed by atoms with van der Waals surface area (Å²) in [6, 6.07) is 1.45. The molecule has 1 aromatic carbocycles. The van der Waals surface area contributed by atoms with Crippen LogP contribution >= 0.6 is 0 Å². The van der Waals surface area contributed by atoms with Gasteiger partial charge in [0.05, 0.1) is 19.3 Å². The molecule has 0 radical (unpaired) electrons. The maximum absolute atomic E-state index is 13.1. The predicted molar refractivity (Wildman–Crippen MR) is 135 cm³/mol. The summed E-state index contributed by atoms with van der Waals surface area (Å²) in [6.07, 6.45) is 6.40. The molecule has 0 bridgehead atoms. The number of carbonyl (C=O) groups excluding carboxylic acids is 2. The third-order valence-corrected chi connectivity index (χ3v) is 8.12. The molecule has 3 N–H and O–H groups in total. The van der Waals surface area contributed by atoms with Crippen molar-refractivity contribution >= 4 is 27.8 Å². The number of amides is 3. The lowest BCUT2D eigenvalue weighted by molar-refractivity contribution is 0.0502. The Hall–Kier alpha value is -3.28. The van der Waals surface area contributed by atoms with E-state index in [4.69, 9.17) is 9.47 Å². The molecule has 2 aliphatic carbocycles. The van der Waals surface area contributed by atoms with Crippen LogP contribution < -0.4 is 20.1 Å². The van der Waals surface area contributed by atoms with E-state index in [-0.39, 0.29) is 29.8 Å². The van der Waals surface area contributed by atoms with Gasteiger partial charge in [0.1, 0.15) is 5.60 Å². The first-order chi connectivity index (χ1) is 17.5. The van der Waals surface area contributed by atoms with E-state index in [0.717, 1.165) is 55.3 Å². The highest BCUT2D eigenvalue weighted by Crippen LogP contribution is 2.38. The summed E-state index contributed by atoms with van der Waals surface area (Å²) in [7, 11) is -4.23. The van der Waals surface area contributed by atoms with Crippen molar-refractivity contribution in [1.29, 1.82) is 0 Å². The van der Waals surface area contributed by atoms with E-state index in [0.29, 0.717) is 6.54 Å². The number of sulfonamides is 1. The Bertz CT molecular complexity index is 1310. The lowest BCUT2D eigenvalue weighted by atomic mass is 9.99. The normalized spacial score (nSPS) is 18.3. The molecule has 0 spiro atoms. The predicted octanol–water partition coefficient (Wildman–Crippen LogP) is 2.90. The number of nitrogens with zero attached hydrogens (tertiary/aromatic N) is 2. The van der Waals surface area contributed by atoms with Crippen LogP contribution in [0, 0.1) is 5.92 Å². The Morgan fingerprint density at radius 3 is 2.46 bits per heavy atom. The second-order valence-electron chi connectivity index (χ2n) is 10.8. The Labute approximate surface area is 216 Å². The van der Waals surface area contributed by atoms with Crippen molar-refractivity contribution in [3.8, 4) is 5.88 Å². The van der Waals surface area contributed by atoms with Crippen LogP contribution in [0.2, 0.25) is 0 Å². The third-order valence-electron chi connectivity index (χ3n) is 6.81. The molecule has 0 saturated carbocycles. The summed E-state index contributed by atoms with van der Waals surface area (Å²) in [5.74, 6) is -0.0655. The van der Waals surface area contributed by atoms with E-state index in [1.165, 1.54) is 22.0 Å². The quantitative estimate of drug-likeness (QED) is 0.539. The average molecular weight is 532 g/mol. The number of hydrogen-bond donors (Lipinski definition) is 3. The first-order valence-electron chi connectivity index (χ1n) is 12.7. The number of urea groups is 1. The fourth-order valence-electron chi connectivity index (χ4n) is 5.26. The van der Waals surface area contributed by atoms with E-state index in [1.54, 1.807) is 20.8 Å². The molecule has 1 aromatic heterocycles. The van der Waals surface area contributed by atoms with Gasteiger partial charge in [-0.15, -0.1) is 0 Å². The molecule has 2 heterocycles. The molecule has 11 nitrogen and oxygen atoms in total. The molecule has 1 aliphatic heterocycles. The highest BCUT2D eigenvalue weighted by atomic mass is 32.2. The summed E-state index contributed by atoms with van der Waals surface area (Å²) in [6.45, 7) is 6.14. The number of aromatic nitrogens is 2. The minimum atomic E-state index is -4.23. The van der Waals surface area contributed by atoms with E-state index in [2.05, 4.69) is 26.5 Å². The van der Waals surface area contributed by atoms with Crippen molar-refractivity contribution < 1.29 is 27.5 Å². The highest BCUT2D eigenvalue weighted by molar-refractivity contribution is 7.90. The number of carbonyl (C=O) groups is 2. The second-order valence-corrected chi connectivity index (χ2v) is 12.5.